The zero-order chi connectivity index (χ0) is 71.3. The van der Waals surface area contributed by atoms with E-state index >= 15 is 0 Å². The van der Waals surface area contributed by atoms with E-state index in [1.807, 2.05) is 13.8 Å². The lowest BCUT2D eigenvalue weighted by Crippen LogP contribution is -2.62. The van der Waals surface area contributed by atoms with Gasteiger partial charge in [-0.15, -0.1) is 0 Å². The van der Waals surface area contributed by atoms with Crippen molar-refractivity contribution in [3.8, 4) is 0 Å². The number of carbonyl (C=O) groups excluding carboxylic acids is 11. The number of amides is 11. The van der Waals surface area contributed by atoms with Crippen LogP contribution in [0.4, 0.5) is 0 Å². The summed E-state index contributed by atoms with van der Waals surface area (Å²) < 4.78 is 0. The maximum absolute atomic E-state index is 14.4. The first kappa shape index (κ1) is 81.8. The van der Waals surface area contributed by atoms with Gasteiger partial charge in [0.15, 0.2) is 11.9 Å². The van der Waals surface area contributed by atoms with Crippen LogP contribution in [0, 0.1) is 22.7 Å². The predicted octanol–water partition coefficient (Wildman–Crippen LogP) is -5.37. The zero-order valence-corrected chi connectivity index (χ0v) is 55.0. The van der Waals surface area contributed by atoms with Crippen LogP contribution in [-0.4, -0.2) is 222 Å². The summed E-state index contributed by atoms with van der Waals surface area (Å²) in [4.78, 5) is 177. The smallest absolute Gasteiger partial charge is 0.305 e. The number of aliphatic carboxylic acids is 2. The molecular weight excluding hydrogens is 1240 g/mol. The normalized spacial score (nSPS) is 15.7. The molecule has 1 saturated heterocycles. The maximum atomic E-state index is 14.4. The van der Waals surface area contributed by atoms with Crippen molar-refractivity contribution < 1.29 is 77.6 Å². The Morgan fingerprint density at radius 2 is 0.958 bits per heavy atom. The van der Waals surface area contributed by atoms with Crippen LogP contribution in [-0.2, 0) is 68.7 Å². The van der Waals surface area contributed by atoms with Crippen molar-refractivity contribution in [2.45, 2.75) is 185 Å². The van der Waals surface area contributed by atoms with E-state index in [-0.39, 0.29) is 89.2 Å². The van der Waals surface area contributed by atoms with Crippen molar-refractivity contribution in [3.63, 3.8) is 0 Å². The fraction of sp³-hybridized carbons (Fsp3) is 0.650. The Balaban J connectivity index is 2.41. The Morgan fingerprint density at radius 1 is 0.526 bits per heavy atom. The van der Waals surface area contributed by atoms with Crippen molar-refractivity contribution in [1.82, 2.24) is 74.0 Å². The van der Waals surface area contributed by atoms with Gasteiger partial charge in [-0.3, -0.25) is 73.1 Å². The third kappa shape index (κ3) is 31.0. The molecule has 11 amide bonds. The lowest BCUT2D eigenvalue weighted by atomic mass is 9.95. The highest BCUT2D eigenvalue weighted by atomic mass is 16.4. The lowest BCUT2D eigenvalue weighted by Gasteiger charge is -2.34. The van der Waals surface area contributed by atoms with Gasteiger partial charge in [-0.05, 0) is 82.2 Å². The van der Waals surface area contributed by atoms with Crippen LogP contribution in [0.15, 0.2) is 30.3 Å². The van der Waals surface area contributed by atoms with Gasteiger partial charge >= 0.3 is 11.9 Å². The first-order chi connectivity index (χ1) is 45.0. The Kier molecular flexibility index (Phi) is 37.6. The minimum Gasteiger partial charge on any atom is -0.481 e. The van der Waals surface area contributed by atoms with Gasteiger partial charge in [0.1, 0.15) is 60.4 Å². The topological polar surface area (TPSA) is 568 Å². The van der Waals surface area contributed by atoms with Crippen molar-refractivity contribution in [2.75, 3.05) is 52.4 Å². The van der Waals surface area contributed by atoms with Gasteiger partial charge in [0.05, 0.1) is 13.0 Å². The molecule has 0 saturated carbocycles. The number of carbonyl (C=O) groups is 13. The highest BCUT2D eigenvalue weighted by Crippen LogP contribution is 2.16. The number of hydrogen-bond acceptors (Lipinski definition) is 18. The van der Waals surface area contributed by atoms with Gasteiger partial charge in [0, 0.05) is 59.0 Å². The summed E-state index contributed by atoms with van der Waals surface area (Å²) in [5.41, 5.74) is 17.2. The van der Waals surface area contributed by atoms with Gasteiger partial charge in [-0.1, -0.05) is 70.9 Å². The van der Waals surface area contributed by atoms with Crippen LogP contribution >= 0.6 is 0 Å². The van der Waals surface area contributed by atoms with E-state index in [1.54, 1.807) is 49.1 Å². The second kappa shape index (κ2) is 43.6. The molecule has 1 fully saturated rings. The van der Waals surface area contributed by atoms with Crippen LogP contribution < -0.4 is 86.3 Å². The molecule has 1 aromatic carbocycles. The number of aliphatic hydroxyl groups excluding tert-OH is 1. The number of benzene rings is 1. The molecule has 1 aromatic rings. The second-order valence-corrected chi connectivity index (χ2v) is 23.3. The molecule has 1 aliphatic heterocycles. The molecule has 0 unspecified atom stereocenters. The molecule has 0 spiro atoms. The number of nitrogens with zero attached hydrogens (tertiary/aromatic N) is 1. The van der Waals surface area contributed by atoms with Gasteiger partial charge in [0.25, 0.3) is 0 Å². The van der Waals surface area contributed by atoms with Crippen LogP contribution in [0.5, 0.6) is 0 Å². The molecule has 12 atom stereocenters. The number of guanidine groups is 2. The zero-order valence-electron chi connectivity index (χ0n) is 55.0. The largest absolute Gasteiger partial charge is 0.481 e. The quantitative estimate of drug-likeness (QED) is 0.0165. The molecule has 0 radical (unpaired) electrons. The van der Waals surface area contributed by atoms with Crippen LogP contribution in [0.1, 0.15) is 124 Å². The van der Waals surface area contributed by atoms with Crippen molar-refractivity contribution >= 4 is 88.8 Å². The summed E-state index contributed by atoms with van der Waals surface area (Å²) in [5, 5.41) is 78.0. The van der Waals surface area contributed by atoms with E-state index < -0.39 is 169 Å². The minimum absolute atomic E-state index is 0.0143. The fourth-order valence-corrected chi connectivity index (χ4v) is 9.78. The lowest BCUT2D eigenvalue weighted by molar-refractivity contribution is -0.142. The van der Waals surface area contributed by atoms with Gasteiger partial charge in [0.2, 0.25) is 65.0 Å². The minimum atomic E-state index is -1.89. The summed E-state index contributed by atoms with van der Waals surface area (Å²) in [7, 11) is 0. The van der Waals surface area contributed by atoms with Gasteiger partial charge < -0.3 is 107 Å². The van der Waals surface area contributed by atoms with Gasteiger partial charge in [-0.2, -0.15) is 0 Å². The molecule has 2 rings (SSSR count). The molecule has 35 nitrogen and oxygen atoms in total. The molecule has 1 heterocycles. The van der Waals surface area contributed by atoms with Crippen molar-refractivity contribution in [1.29, 1.82) is 10.8 Å². The summed E-state index contributed by atoms with van der Waals surface area (Å²) in [5.74, 6) is -14.5. The highest BCUT2D eigenvalue weighted by Gasteiger charge is 2.38. The molecule has 0 aromatic heterocycles. The van der Waals surface area contributed by atoms with Crippen LogP contribution in [0.25, 0.3) is 0 Å². The first-order valence-electron chi connectivity index (χ1n) is 31.9. The second-order valence-electron chi connectivity index (χ2n) is 23.3. The summed E-state index contributed by atoms with van der Waals surface area (Å²) >= 11 is 0. The number of rotatable bonds is 44. The Morgan fingerprint density at radius 3 is 1.42 bits per heavy atom. The molecule has 95 heavy (non-hydrogen) atoms. The molecule has 0 aliphatic carbocycles. The van der Waals surface area contributed by atoms with E-state index in [2.05, 4.69) is 69.1 Å². The molecule has 24 N–H and O–H groups in total. The van der Waals surface area contributed by atoms with E-state index in [9.17, 15) is 77.6 Å². The standard InChI is InChI=1S/C60H101N19O16/c1-7-33(3)47(57(94)75-42(30-37-16-10-9-11-17-37)54(91)78-48(34(4)8-2)58(95)79-28-26-66-27-29-79)77-55(92)43(31-46(84)85)74-49(86)35(5)69-56(93)44(32-80)76-52(89)40(20-15-25-68-60(64)65)73-51(88)39(19-14-24-67-59(62)63)72-50(87)38(18-12-13-23-61)71-53(90)41(70-36(6)81)21-22-45(82)83/h9-11,16-17,33-35,38-44,47-48,66,80H,7-8,12-15,18-32,61H2,1-6H3,(H,69,93)(H,70,81)(H,71,90)(H,72,87)(H,73,88)(H,74,86)(H,75,94)(H,76,89)(H,77,92)(H,78,91)(H,82,83)(H,84,85)(H4,62,63,67)(H4,64,65,68)/t33-,34-,35-,38-,39-,40-,41-,42-,43-,44-,47-,48-/m0/s1. The molecule has 35 heteroatoms. The Bertz CT molecular complexity index is 2760. The number of aliphatic hydroxyl groups is 1. The summed E-state index contributed by atoms with van der Waals surface area (Å²) in [6, 6.07) is -6.13. The van der Waals surface area contributed by atoms with Gasteiger partial charge in [-0.25, -0.2) is 0 Å². The van der Waals surface area contributed by atoms with E-state index in [1.165, 1.54) is 0 Å². The number of unbranched alkanes of at least 4 members (excludes halogenated alkanes) is 1. The SMILES string of the molecule is CC[C@H](C)[C@H](NC(=O)[C@H](CC(=O)O)NC(=O)[C@H](C)NC(=O)[C@H](CO)NC(=O)[C@H](CCCNC(=N)N)NC(=O)[C@H](CCCNC(=N)N)NC(=O)[C@H](CCCCN)NC(=O)[C@H](CCC(=O)O)NC(C)=O)C(=O)N[C@@H](Cc1ccccc1)C(=O)N[C@H](C(=O)N1CCNCC1)[C@@H](C)CC. The molecule has 0 bridgehead atoms. The number of carboxylic acid groups (broad SMARTS) is 2. The Hall–Kier alpha value is -9.25. The third-order valence-corrected chi connectivity index (χ3v) is 15.7. The Labute approximate surface area is 552 Å². The van der Waals surface area contributed by atoms with Crippen molar-refractivity contribution in [2.24, 2.45) is 29.0 Å². The van der Waals surface area contributed by atoms with E-state index in [0.29, 0.717) is 44.6 Å². The first-order valence-corrected chi connectivity index (χ1v) is 31.9. The summed E-state index contributed by atoms with van der Waals surface area (Å²) in [6.45, 7) is 10.4. The number of nitrogens with one attached hydrogen (secondary N) is 15. The van der Waals surface area contributed by atoms with Crippen LogP contribution in [0.2, 0.25) is 0 Å². The number of piperazine rings is 1. The third-order valence-electron chi connectivity index (χ3n) is 15.7. The number of hydrogen-bond donors (Lipinski definition) is 21. The average Bonchev–Trinajstić information content (AvgIpc) is 0.986. The number of nitrogens with two attached hydrogens (primary N) is 3. The van der Waals surface area contributed by atoms with E-state index in [4.69, 9.17) is 28.0 Å². The predicted molar refractivity (Wildman–Crippen MR) is 347 cm³/mol. The monoisotopic (exact) mass is 1340 g/mol. The number of carboxylic acids is 2. The highest BCUT2D eigenvalue weighted by molar-refractivity contribution is 6.00. The van der Waals surface area contributed by atoms with E-state index in [0.717, 1.165) is 13.8 Å². The molecular formula is C60H101N19O16. The fourth-order valence-electron chi connectivity index (χ4n) is 9.78. The van der Waals surface area contributed by atoms with Crippen LogP contribution in [0.3, 0.4) is 0 Å². The van der Waals surface area contributed by atoms with Crippen molar-refractivity contribution in [3.05, 3.63) is 35.9 Å². The molecule has 532 valence electrons. The molecule has 1 aliphatic rings. The average molecular weight is 1340 g/mol. The summed E-state index contributed by atoms with van der Waals surface area (Å²) in [6.07, 6.45) is -0.811. The maximum Gasteiger partial charge on any atom is 0.305 e.